The van der Waals surface area contributed by atoms with Crippen molar-refractivity contribution >= 4 is 5.96 Å². The second-order valence-corrected chi connectivity index (χ2v) is 6.52. The molecule has 0 radical (unpaired) electrons. The van der Waals surface area contributed by atoms with Crippen LogP contribution in [-0.4, -0.2) is 37.0 Å². The molecule has 0 aromatic heterocycles. The molecule has 0 spiro atoms. The summed E-state index contributed by atoms with van der Waals surface area (Å²) < 4.78 is 0. The summed E-state index contributed by atoms with van der Waals surface area (Å²) >= 11 is 0. The topological polar surface area (TPSA) is 39.7 Å². The molecule has 1 aliphatic rings. The number of hydrogen-bond acceptors (Lipinski definition) is 2. The van der Waals surface area contributed by atoms with Crippen molar-refractivity contribution in [3.05, 3.63) is 35.4 Å². The molecule has 4 nitrogen and oxygen atoms in total. The number of guanidine groups is 1. The lowest BCUT2D eigenvalue weighted by atomic mass is 9.99. The van der Waals surface area contributed by atoms with Gasteiger partial charge in [-0.1, -0.05) is 31.2 Å². The molecule has 1 aliphatic heterocycles. The van der Waals surface area contributed by atoms with E-state index in [-0.39, 0.29) is 0 Å². The first-order valence-corrected chi connectivity index (χ1v) is 9.03. The van der Waals surface area contributed by atoms with Crippen molar-refractivity contribution in [1.82, 2.24) is 15.5 Å². The van der Waals surface area contributed by atoms with Crippen molar-refractivity contribution < 1.29 is 0 Å². The van der Waals surface area contributed by atoms with Crippen molar-refractivity contribution in [2.75, 3.05) is 26.2 Å². The second-order valence-electron chi connectivity index (χ2n) is 6.52. The quantitative estimate of drug-likeness (QED) is 0.626. The summed E-state index contributed by atoms with van der Waals surface area (Å²) in [7, 11) is 0. The number of rotatable bonds is 6. The van der Waals surface area contributed by atoms with E-state index in [0.717, 1.165) is 38.1 Å². The summed E-state index contributed by atoms with van der Waals surface area (Å²) in [6.07, 6.45) is 2.72. The number of nitrogens with one attached hydrogen (secondary N) is 2. The molecule has 4 heteroatoms. The van der Waals surface area contributed by atoms with E-state index in [1.165, 1.54) is 37.1 Å². The molecule has 1 aromatic rings. The highest BCUT2D eigenvalue weighted by atomic mass is 15.2. The van der Waals surface area contributed by atoms with Crippen molar-refractivity contribution in [1.29, 1.82) is 0 Å². The summed E-state index contributed by atoms with van der Waals surface area (Å²) in [5.41, 5.74) is 2.67. The molecule has 1 atom stereocenters. The van der Waals surface area contributed by atoms with Gasteiger partial charge in [0.1, 0.15) is 0 Å². The van der Waals surface area contributed by atoms with Crippen LogP contribution in [0.1, 0.15) is 44.7 Å². The summed E-state index contributed by atoms with van der Waals surface area (Å²) in [6, 6.07) is 8.93. The van der Waals surface area contributed by atoms with Crippen molar-refractivity contribution in [3.63, 3.8) is 0 Å². The van der Waals surface area contributed by atoms with E-state index in [4.69, 9.17) is 0 Å². The predicted octanol–water partition coefficient (Wildman–Crippen LogP) is 2.99. The van der Waals surface area contributed by atoms with Gasteiger partial charge in [-0.25, -0.2) is 4.99 Å². The molecule has 1 fully saturated rings. The molecule has 2 N–H and O–H groups in total. The number of piperidine rings is 1. The summed E-state index contributed by atoms with van der Waals surface area (Å²) in [5, 5.41) is 6.51. The minimum absolute atomic E-state index is 0.719. The molecule has 23 heavy (non-hydrogen) atoms. The van der Waals surface area contributed by atoms with E-state index >= 15 is 0 Å². The van der Waals surface area contributed by atoms with Crippen LogP contribution in [0.4, 0.5) is 0 Å². The van der Waals surface area contributed by atoms with E-state index in [2.05, 4.69) is 65.6 Å². The third-order valence-electron chi connectivity index (χ3n) is 4.28. The van der Waals surface area contributed by atoms with Crippen LogP contribution < -0.4 is 10.6 Å². The number of aliphatic imine (C=N–C) groups is 1. The zero-order valence-corrected chi connectivity index (χ0v) is 14.9. The molecular formula is C19H32N4. The fourth-order valence-electron chi connectivity index (χ4n) is 3.12. The van der Waals surface area contributed by atoms with E-state index in [1.54, 1.807) is 0 Å². The summed E-state index contributed by atoms with van der Waals surface area (Å²) in [5.74, 6) is 1.73. The molecule has 1 heterocycles. The maximum atomic E-state index is 4.61. The molecule has 0 saturated carbocycles. The Morgan fingerprint density at radius 1 is 1.13 bits per heavy atom. The van der Waals surface area contributed by atoms with Gasteiger partial charge >= 0.3 is 0 Å². The molecule has 2 rings (SSSR count). The maximum absolute atomic E-state index is 4.61. The van der Waals surface area contributed by atoms with Crippen LogP contribution in [0.5, 0.6) is 0 Å². The highest BCUT2D eigenvalue weighted by Gasteiger charge is 2.15. The Hall–Kier alpha value is -1.55. The maximum Gasteiger partial charge on any atom is 0.191 e. The molecule has 0 amide bonds. The van der Waals surface area contributed by atoms with E-state index in [1.807, 2.05) is 0 Å². The number of hydrogen-bond donors (Lipinski definition) is 2. The van der Waals surface area contributed by atoms with E-state index in [0.29, 0.717) is 0 Å². The Morgan fingerprint density at radius 2 is 1.78 bits per heavy atom. The van der Waals surface area contributed by atoms with Crippen LogP contribution >= 0.6 is 0 Å². The molecule has 0 bridgehead atoms. The summed E-state index contributed by atoms with van der Waals surface area (Å²) in [4.78, 5) is 7.19. The van der Waals surface area contributed by atoms with Gasteiger partial charge in [0, 0.05) is 26.2 Å². The Morgan fingerprint density at radius 3 is 2.39 bits per heavy atom. The van der Waals surface area contributed by atoms with Gasteiger partial charge in [-0.3, -0.25) is 4.90 Å². The van der Waals surface area contributed by atoms with Crippen LogP contribution in [-0.2, 0) is 13.1 Å². The average Bonchev–Trinajstić information content (AvgIpc) is 2.54. The number of likely N-dealkylation sites (tertiary alicyclic amines) is 1. The molecule has 0 aliphatic carbocycles. The third kappa shape index (κ3) is 6.22. The van der Waals surface area contributed by atoms with Crippen molar-refractivity contribution in [2.24, 2.45) is 10.9 Å². The zero-order valence-electron chi connectivity index (χ0n) is 14.9. The fraction of sp³-hybridized carbons (Fsp3) is 0.632. The molecule has 128 valence electrons. The largest absolute Gasteiger partial charge is 0.357 e. The zero-order chi connectivity index (χ0) is 16.5. The Bertz CT molecular complexity index is 473. The fourth-order valence-corrected chi connectivity index (χ4v) is 3.12. The molecule has 1 saturated heterocycles. The average molecular weight is 316 g/mol. The van der Waals surface area contributed by atoms with Gasteiger partial charge < -0.3 is 10.6 Å². The normalized spacial score (nSPS) is 18.5. The van der Waals surface area contributed by atoms with Crippen molar-refractivity contribution in [2.45, 2.75) is 46.7 Å². The highest BCUT2D eigenvalue weighted by Crippen LogP contribution is 2.18. The lowest BCUT2D eigenvalue weighted by molar-refractivity contribution is 0.176. The van der Waals surface area contributed by atoms with Crippen LogP contribution in [0.3, 0.4) is 0 Å². The molecule has 1 aromatic carbocycles. The number of benzene rings is 1. The van der Waals surface area contributed by atoms with Gasteiger partial charge in [-0.05, 0) is 50.3 Å². The van der Waals surface area contributed by atoms with Gasteiger partial charge in [-0.15, -0.1) is 0 Å². The Kier molecular flexibility index (Phi) is 7.40. The lowest BCUT2D eigenvalue weighted by Gasteiger charge is -2.30. The minimum atomic E-state index is 0.719. The third-order valence-corrected chi connectivity index (χ3v) is 4.28. The lowest BCUT2D eigenvalue weighted by Crippen LogP contribution is -2.36. The highest BCUT2D eigenvalue weighted by molar-refractivity contribution is 5.79. The molecule has 1 unspecified atom stereocenters. The minimum Gasteiger partial charge on any atom is -0.357 e. The monoisotopic (exact) mass is 316 g/mol. The number of nitrogens with zero attached hydrogens (tertiary/aromatic N) is 2. The SMILES string of the molecule is CCNC(=NCc1ccc(CN2CCCC(C)C2)cc1)NCC. The van der Waals surface area contributed by atoms with Gasteiger partial charge in [-0.2, -0.15) is 0 Å². The van der Waals surface area contributed by atoms with Crippen LogP contribution in [0, 0.1) is 5.92 Å². The van der Waals surface area contributed by atoms with Crippen LogP contribution in [0.15, 0.2) is 29.3 Å². The first-order valence-electron chi connectivity index (χ1n) is 9.03. The summed E-state index contributed by atoms with van der Waals surface area (Å²) in [6.45, 7) is 12.6. The van der Waals surface area contributed by atoms with Crippen molar-refractivity contribution in [3.8, 4) is 0 Å². The first kappa shape index (κ1) is 17.8. The van der Waals surface area contributed by atoms with Gasteiger partial charge in [0.05, 0.1) is 6.54 Å². The van der Waals surface area contributed by atoms with Gasteiger partial charge in [0.25, 0.3) is 0 Å². The van der Waals surface area contributed by atoms with Crippen LogP contribution in [0.25, 0.3) is 0 Å². The van der Waals surface area contributed by atoms with E-state index in [9.17, 15) is 0 Å². The van der Waals surface area contributed by atoms with Gasteiger partial charge in [0.15, 0.2) is 5.96 Å². The predicted molar refractivity (Wildman–Crippen MR) is 98.6 cm³/mol. The molecular weight excluding hydrogens is 284 g/mol. The van der Waals surface area contributed by atoms with Crippen LogP contribution in [0.2, 0.25) is 0 Å². The standard InChI is InChI=1S/C19H32N4/c1-4-20-19(21-5-2)22-13-17-8-10-18(11-9-17)15-23-12-6-7-16(3)14-23/h8-11,16H,4-7,12-15H2,1-3H3,(H2,20,21,22). The Labute approximate surface area is 141 Å². The van der Waals surface area contributed by atoms with E-state index < -0.39 is 0 Å². The smallest absolute Gasteiger partial charge is 0.191 e. The first-order chi connectivity index (χ1) is 11.2. The second kappa shape index (κ2) is 9.56. The van der Waals surface area contributed by atoms with Gasteiger partial charge in [0.2, 0.25) is 0 Å². The Balaban J connectivity index is 1.87.